The lowest BCUT2D eigenvalue weighted by molar-refractivity contribution is -0.138. The average molecular weight is 302 g/mol. The fourth-order valence-electron chi connectivity index (χ4n) is 2.55. The van der Waals surface area contributed by atoms with Gasteiger partial charge in [0.25, 0.3) is 0 Å². The molecule has 1 aliphatic rings. The van der Waals surface area contributed by atoms with E-state index in [1.165, 1.54) is 17.7 Å². The molecule has 0 radical (unpaired) electrons. The van der Waals surface area contributed by atoms with E-state index in [1.54, 1.807) is 11.8 Å². The van der Waals surface area contributed by atoms with Gasteiger partial charge < -0.3 is 15.3 Å². The molecule has 5 nitrogen and oxygen atoms in total. The van der Waals surface area contributed by atoms with Crippen molar-refractivity contribution in [3.8, 4) is 0 Å². The van der Waals surface area contributed by atoms with E-state index < -0.39 is 11.5 Å². The van der Waals surface area contributed by atoms with Crippen molar-refractivity contribution < 1.29 is 14.7 Å². The first-order valence-electron chi connectivity index (χ1n) is 7.03. The Morgan fingerprint density at radius 3 is 2.25 bits per heavy atom. The molecule has 2 N–H and O–H groups in total. The largest absolute Gasteiger partial charge is 0.480 e. The molecule has 0 unspecified atom stereocenters. The lowest BCUT2D eigenvalue weighted by Crippen LogP contribution is -2.54. The van der Waals surface area contributed by atoms with Crippen molar-refractivity contribution in [2.24, 2.45) is 0 Å². The third-order valence-electron chi connectivity index (χ3n) is 3.86. The summed E-state index contributed by atoms with van der Waals surface area (Å²) in [6, 6.07) is -0.291. The Morgan fingerprint density at radius 2 is 1.85 bits per heavy atom. The minimum atomic E-state index is -0.990. The smallest absolute Gasteiger partial charge is 0.323 e. The highest BCUT2D eigenvalue weighted by molar-refractivity contribution is 8.00. The maximum Gasteiger partial charge on any atom is 0.323 e. The van der Waals surface area contributed by atoms with Crippen molar-refractivity contribution in [3.05, 3.63) is 0 Å². The Bertz CT molecular complexity index is 360. The molecule has 0 atom stereocenters. The minimum Gasteiger partial charge on any atom is -0.480 e. The van der Waals surface area contributed by atoms with Gasteiger partial charge in [-0.1, -0.05) is 12.8 Å². The highest BCUT2D eigenvalue weighted by atomic mass is 32.2. The maximum absolute atomic E-state index is 12.3. The van der Waals surface area contributed by atoms with Crippen molar-refractivity contribution in [2.75, 3.05) is 19.3 Å². The summed E-state index contributed by atoms with van der Waals surface area (Å²) in [7, 11) is 0. The van der Waals surface area contributed by atoms with Gasteiger partial charge in [-0.2, -0.15) is 11.8 Å². The van der Waals surface area contributed by atoms with E-state index in [9.17, 15) is 9.59 Å². The van der Waals surface area contributed by atoms with Crippen molar-refractivity contribution in [3.63, 3.8) is 0 Å². The molecule has 0 aliphatic heterocycles. The number of hydrogen-bond donors (Lipinski definition) is 2. The van der Waals surface area contributed by atoms with Crippen LogP contribution in [0.4, 0.5) is 4.79 Å². The quantitative estimate of drug-likeness (QED) is 0.819. The number of carbonyl (C=O) groups is 2. The van der Waals surface area contributed by atoms with Crippen LogP contribution in [0.25, 0.3) is 0 Å². The van der Waals surface area contributed by atoms with Crippen molar-refractivity contribution in [1.82, 2.24) is 10.2 Å². The second kappa shape index (κ2) is 6.70. The third kappa shape index (κ3) is 4.58. The number of urea groups is 1. The van der Waals surface area contributed by atoms with Crippen molar-refractivity contribution >= 4 is 23.8 Å². The van der Waals surface area contributed by atoms with E-state index in [0.717, 1.165) is 12.8 Å². The van der Waals surface area contributed by atoms with Gasteiger partial charge in [-0.3, -0.25) is 4.79 Å². The zero-order valence-corrected chi connectivity index (χ0v) is 13.7. The number of aliphatic carboxylic acids is 1. The molecule has 1 aliphatic carbocycles. The molecule has 0 saturated heterocycles. The van der Waals surface area contributed by atoms with Gasteiger partial charge in [-0.15, -0.1) is 0 Å². The van der Waals surface area contributed by atoms with Crippen LogP contribution < -0.4 is 5.32 Å². The van der Waals surface area contributed by atoms with Crippen molar-refractivity contribution in [1.29, 1.82) is 0 Å². The first kappa shape index (κ1) is 17.1. The van der Waals surface area contributed by atoms with Crippen LogP contribution in [0.1, 0.15) is 46.5 Å². The predicted molar refractivity (Wildman–Crippen MR) is 82.2 cm³/mol. The van der Waals surface area contributed by atoms with E-state index >= 15 is 0 Å². The second-order valence-electron chi connectivity index (χ2n) is 6.40. The van der Waals surface area contributed by atoms with Gasteiger partial charge in [0.05, 0.1) is 0 Å². The van der Waals surface area contributed by atoms with Gasteiger partial charge in [-0.05, 0) is 39.9 Å². The summed E-state index contributed by atoms with van der Waals surface area (Å²) in [6.45, 7) is 5.86. The third-order valence-corrected chi connectivity index (χ3v) is 5.28. The number of rotatable bonds is 5. The number of carboxylic acid groups (broad SMARTS) is 1. The first-order chi connectivity index (χ1) is 9.20. The van der Waals surface area contributed by atoms with Crippen LogP contribution >= 0.6 is 11.8 Å². The molecule has 0 aromatic carbocycles. The fourth-order valence-corrected chi connectivity index (χ4v) is 3.47. The first-order valence-corrected chi connectivity index (χ1v) is 8.25. The predicted octanol–water partition coefficient (Wildman–Crippen LogP) is 2.56. The summed E-state index contributed by atoms with van der Waals surface area (Å²) in [4.78, 5) is 24.6. The summed E-state index contributed by atoms with van der Waals surface area (Å²) in [5.41, 5.74) is -0.509. The fraction of sp³-hybridized carbons (Fsp3) is 0.857. The number of nitrogens with zero attached hydrogens (tertiary/aromatic N) is 1. The standard InChI is InChI=1S/C14H26N2O3S/c1-13(2,3)16(9-11(17)18)12(19)15-10-14(20-4)7-5-6-8-14/h5-10H2,1-4H3,(H,15,19)(H,17,18). The van der Waals surface area contributed by atoms with Gasteiger partial charge in [0, 0.05) is 16.8 Å². The monoisotopic (exact) mass is 302 g/mol. The van der Waals surface area contributed by atoms with Gasteiger partial charge >= 0.3 is 12.0 Å². The summed E-state index contributed by atoms with van der Waals surface area (Å²) in [6.07, 6.45) is 6.71. The van der Waals surface area contributed by atoms with Crippen LogP contribution in [0.3, 0.4) is 0 Å². The Hall–Kier alpha value is -0.910. The van der Waals surface area contributed by atoms with E-state index in [4.69, 9.17) is 5.11 Å². The Morgan fingerprint density at radius 1 is 1.30 bits per heavy atom. The van der Waals surface area contributed by atoms with Gasteiger partial charge in [-0.25, -0.2) is 4.79 Å². The molecule has 1 rings (SSSR count). The molecule has 0 spiro atoms. The van der Waals surface area contributed by atoms with Crippen molar-refractivity contribution in [2.45, 2.75) is 56.7 Å². The molecular formula is C14H26N2O3S. The minimum absolute atomic E-state index is 0.127. The highest BCUT2D eigenvalue weighted by Crippen LogP contribution is 2.39. The van der Waals surface area contributed by atoms with E-state index in [0.29, 0.717) is 6.54 Å². The molecule has 1 fully saturated rings. The number of carbonyl (C=O) groups excluding carboxylic acids is 1. The van der Waals surface area contributed by atoms with Crippen LogP contribution in [0.2, 0.25) is 0 Å². The zero-order chi connectivity index (χ0) is 15.4. The number of hydrogen-bond acceptors (Lipinski definition) is 3. The van der Waals surface area contributed by atoms with E-state index in [1.807, 2.05) is 20.8 Å². The normalized spacial score (nSPS) is 17.8. The van der Waals surface area contributed by atoms with Gasteiger partial charge in [0.2, 0.25) is 0 Å². The second-order valence-corrected chi connectivity index (χ2v) is 7.68. The zero-order valence-electron chi connectivity index (χ0n) is 12.9. The molecule has 2 amide bonds. The molecular weight excluding hydrogens is 276 g/mol. The molecule has 20 heavy (non-hydrogen) atoms. The lowest BCUT2D eigenvalue weighted by atomic mass is 10.1. The highest BCUT2D eigenvalue weighted by Gasteiger charge is 2.35. The maximum atomic E-state index is 12.3. The van der Waals surface area contributed by atoms with E-state index in [-0.39, 0.29) is 17.3 Å². The van der Waals surface area contributed by atoms with Crippen LogP contribution in [-0.2, 0) is 4.79 Å². The topological polar surface area (TPSA) is 69.6 Å². The summed E-state index contributed by atoms with van der Waals surface area (Å²) < 4.78 is 0.127. The number of carboxylic acids is 1. The van der Waals surface area contributed by atoms with Crippen LogP contribution in [0.15, 0.2) is 0 Å². The molecule has 0 bridgehead atoms. The Kier molecular flexibility index (Phi) is 5.74. The van der Waals surface area contributed by atoms with Crippen LogP contribution in [-0.4, -0.2) is 51.6 Å². The number of amides is 2. The lowest BCUT2D eigenvalue weighted by Gasteiger charge is -2.36. The van der Waals surface area contributed by atoms with Gasteiger partial charge in [0.1, 0.15) is 6.54 Å². The Labute approximate surface area is 125 Å². The molecule has 1 saturated carbocycles. The number of nitrogens with one attached hydrogen (secondary N) is 1. The Balaban J connectivity index is 2.64. The average Bonchev–Trinajstić information content (AvgIpc) is 2.81. The molecule has 6 heteroatoms. The SMILES string of the molecule is CSC1(CNC(=O)N(CC(=O)O)C(C)(C)C)CCCC1. The molecule has 116 valence electrons. The molecule has 0 aromatic rings. The van der Waals surface area contributed by atoms with Gasteiger partial charge in [0.15, 0.2) is 0 Å². The summed E-state index contributed by atoms with van der Waals surface area (Å²) in [5, 5.41) is 11.9. The molecule has 0 aromatic heterocycles. The van der Waals surface area contributed by atoms with Crippen LogP contribution in [0.5, 0.6) is 0 Å². The summed E-state index contributed by atoms with van der Waals surface area (Å²) >= 11 is 1.81. The summed E-state index contributed by atoms with van der Waals surface area (Å²) in [5.74, 6) is -0.990. The van der Waals surface area contributed by atoms with Crippen LogP contribution in [0, 0.1) is 0 Å². The number of thioether (sulfide) groups is 1. The van der Waals surface area contributed by atoms with E-state index in [2.05, 4.69) is 11.6 Å². The molecule has 0 heterocycles.